The Morgan fingerprint density at radius 2 is 2.04 bits per heavy atom. The van der Waals surface area contributed by atoms with Gasteiger partial charge in [0, 0.05) is 37.0 Å². The van der Waals surface area contributed by atoms with Crippen molar-refractivity contribution in [1.29, 1.82) is 0 Å². The Bertz CT molecular complexity index is 719. The number of benzene rings is 1. The smallest absolute Gasteiger partial charge is 0.224 e. The highest BCUT2D eigenvalue weighted by Gasteiger charge is 2.30. The summed E-state index contributed by atoms with van der Waals surface area (Å²) in [6.07, 6.45) is 2.33. The second-order valence-corrected chi connectivity index (χ2v) is 8.23. The van der Waals surface area contributed by atoms with E-state index in [0.717, 1.165) is 12.1 Å². The first kappa shape index (κ1) is 17.7. The average molecular weight is 360 g/mol. The molecule has 1 fully saturated rings. The summed E-state index contributed by atoms with van der Waals surface area (Å²) < 4.78 is 18.5. The maximum atomic E-state index is 12.9. The molecule has 2 aromatic rings. The largest absolute Gasteiger partial charge is 0.439 e. The van der Waals surface area contributed by atoms with Crippen LogP contribution in [0.5, 0.6) is 11.6 Å². The van der Waals surface area contributed by atoms with Crippen LogP contribution in [-0.4, -0.2) is 32.8 Å². The first-order valence-corrected chi connectivity index (χ1v) is 9.25. The van der Waals surface area contributed by atoms with Crippen LogP contribution >= 0.6 is 11.8 Å². The van der Waals surface area contributed by atoms with Crippen LogP contribution in [0.2, 0.25) is 0 Å². The van der Waals surface area contributed by atoms with Crippen LogP contribution in [0, 0.1) is 5.82 Å². The van der Waals surface area contributed by atoms with Crippen LogP contribution in [0.1, 0.15) is 25.8 Å². The number of likely N-dealkylation sites (tertiary alicyclic amines) is 1. The van der Waals surface area contributed by atoms with Gasteiger partial charge in [0.1, 0.15) is 11.6 Å². The lowest BCUT2D eigenvalue weighted by molar-refractivity contribution is -0.128. The SMILES string of the molecule is CC(C)S[C@@H]1CC(=O)N(Cc2ccc(Oc3ccc(F)cc3)nc2)C1. The molecule has 4 nitrogen and oxygen atoms in total. The minimum absolute atomic E-state index is 0.199. The molecule has 0 bridgehead atoms. The Kier molecular flexibility index (Phi) is 5.58. The molecule has 1 aromatic heterocycles. The summed E-state index contributed by atoms with van der Waals surface area (Å²) in [7, 11) is 0. The van der Waals surface area contributed by atoms with E-state index in [9.17, 15) is 9.18 Å². The van der Waals surface area contributed by atoms with Crippen molar-refractivity contribution in [2.45, 2.75) is 37.3 Å². The van der Waals surface area contributed by atoms with E-state index in [1.54, 1.807) is 24.4 Å². The number of amides is 1. The lowest BCUT2D eigenvalue weighted by atomic mass is 10.2. The first-order valence-electron chi connectivity index (χ1n) is 8.31. The van der Waals surface area contributed by atoms with Gasteiger partial charge in [-0.05, 0) is 35.1 Å². The molecule has 1 saturated heterocycles. The fourth-order valence-electron chi connectivity index (χ4n) is 2.77. The minimum atomic E-state index is -0.306. The van der Waals surface area contributed by atoms with Crippen LogP contribution in [0.15, 0.2) is 42.6 Å². The molecule has 1 aliphatic heterocycles. The third kappa shape index (κ3) is 4.95. The van der Waals surface area contributed by atoms with Gasteiger partial charge in [0.15, 0.2) is 0 Å². The van der Waals surface area contributed by atoms with Crippen LogP contribution in [0.25, 0.3) is 0 Å². The van der Waals surface area contributed by atoms with Crippen molar-refractivity contribution in [3.8, 4) is 11.6 Å². The van der Waals surface area contributed by atoms with E-state index in [-0.39, 0.29) is 11.7 Å². The van der Waals surface area contributed by atoms with Gasteiger partial charge in [0.25, 0.3) is 0 Å². The Labute approximate surface area is 151 Å². The van der Waals surface area contributed by atoms with Gasteiger partial charge in [-0.25, -0.2) is 9.37 Å². The summed E-state index contributed by atoms with van der Waals surface area (Å²) in [4.78, 5) is 18.3. The van der Waals surface area contributed by atoms with Crippen molar-refractivity contribution in [3.63, 3.8) is 0 Å². The molecule has 0 saturated carbocycles. The van der Waals surface area contributed by atoms with Gasteiger partial charge >= 0.3 is 0 Å². The summed E-state index contributed by atoms with van der Waals surface area (Å²) >= 11 is 1.86. The Balaban J connectivity index is 1.57. The molecule has 3 rings (SSSR count). The third-order valence-corrected chi connectivity index (χ3v) is 5.10. The molecule has 25 heavy (non-hydrogen) atoms. The highest BCUT2D eigenvalue weighted by molar-refractivity contribution is 8.00. The molecule has 6 heteroatoms. The molecular formula is C19H21FN2O2S. The molecule has 1 atom stereocenters. The summed E-state index contributed by atoms with van der Waals surface area (Å²) in [6.45, 7) is 5.66. The molecule has 1 aliphatic rings. The van der Waals surface area contributed by atoms with Gasteiger partial charge in [0.05, 0.1) is 0 Å². The van der Waals surface area contributed by atoms with Gasteiger partial charge in [0.2, 0.25) is 11.8 Å². The van der Waals surface area contributed by atoms with E-state index in [2.05, 4.69) is 18.8 Å². The first-order chi connectivity index (χ1) is 12.0. The number of rotatable bonds is 6. The third-order valence-electron chi connectivity index (χ3n) is 3.85. The Morgan fingerprint density at radius 3 is 2.68 bits per heavy atom. The van der Waals surface area contributed by atoms with Crippen LogP contribution < -0.4 is 4.74 Å². The number of hydrogen-bond donors (Lipinski definition) is 0. The fourth-order valence-corrected chi connectivity index (χ4v) is 4.05. The number of carbonyl (C=O) groups is 1. The molecular weight excluding hydrogens is 339 g/mol. The second kappa shape index (κ2) is 7.87. The standard InChI is InChI=1S/C19H21FN2O2S/c1-13(2)25-17-9-19(23)22(12-17)11-14-3-8-18(21-10-14)24-16-6-4-15(20)5-7-16/h3-8,10,13,17H,9,11-12H2,1-2H3/t17-/m1/s1. The van der Waals surface area contributed by atoms with Crippen molar-refractivity contribution in [2.75, 3.05) is 6.54 Å². The minimum Gasteiger partial charge on any atom is -0.439 e. The number of thioether (sulfide) groups is 1. The van der Waals surface area contributed by atoms with E-state index < -0.39 is 0 Å². The average Bonchev–Trinajstić information content (AvgIpc) is 2.90. The molecule has 0 N–H and O–H groups in total. The van der Waals surface area contributed by atoms with E-state index in [1.165, 1.54) is 12.1 Å². The van der Waals surface area contributed by atoms with E-state index >= 15 is 0 Å². The van der Waals surface area contributed by atoms with Crippen LogP contribution in [-0.2, 0) is 11.3 Å². The molecule has 132 valence electrons. The normalized spacial score (nSPS) is 17.4. The molecule has 0 radical (unpaired) electrons. The topological polar surface area (TPSA) is 42.4 Å². The van der Waals surface area contributed by atoms with Crippen molar-refractivity contribution in [1.82, 2.24) is 9.88 Å². The fraction of sp³-hybridized carbons (Fsp3) is 0.368. The molecule has 0 spiro atoms. The molecule has 0 unspecified atom stereocenters. The number of pyridine rings is 1. The number of halogens is 1. The van der Waals surface area contributed by atoms with Crippen molar-refractivity contribution in [3.05, 3.63) is 54.0 Å². The lowest BCUT2D eigenvalue weighted by Crippen LogP contribution is -2.25. The quantitative estimate of drug-likeness (QED) is 0.772. The summed E-state index contributed by atoms with van der Waals surface area (Å²) in [6, 6.07) is 9.46. The molecule has 1 amide bonds. The van der Waals surface area contributed by atoms with E-state index in [4.69, 9.17) is 4.74 Å². The zero-order chi connectivity index (χ0) is 17.8. The molecule has 1 aromatic carbocycles. The number of carbonyl (C=O) groups excluding carboxylic acids is 1. The summed E-state index contributed by atoms with van der Waals surface area (Å²) in [5.74, 6) is 0.867. The van der Waals surface area contributed by atoms with E-state index in [1.807, 2.05) is 22.7 Å². The highest BCUT2D eigenvalue weighted by atomic mass is 32.2. The van der Waals surface area contributed by atoms with Gasteiger partial charge in [-0.3, -0.25) is 4.79 Å². The maximum absolute atomic E-state index is 12.9. The van der Waals surface area contributed by atoms with Crippen molar-refractivity contribution < 1.29 is 13.9 Å². The number of nitrogens with zero attached hydrogens (tertiary/aromatic N) is 2. The Hall–Kier alpha value is -2.08. The van der Waals surface area contributed by atoms with Crippen LogP contribution in [0.4, 0.5) is 4.39 Å². The molecule has 0 aliphatic carbocycles. The van der Waals surface area contributed by atoms with Gasteiger partial charge < -0.3 is 9.64 Å². The number of ether oxygens (including phenoxy) is 1. The summed E-state index contributed by atoms with van der Waals surface area (Å²) in [5, 5.41) is 0.906. The lowest BCUT2D eigenvalue weighted by Gasteiger charge is -2.17. The van der Waals surface area contributed by atoms with Gasteiger partial charge in [-0.2, -0.15) is 11.8 Å². The second-order valence-electron chi connectivity index (χ2n) is 6.35. The zero-order valence-corrected chi connectivity index (χ0v) is 15.1. The highest BCUT2D eigenvalue weighted by Crippen LogP contribution is 2.28. The molecule has 2 heterocycles. The van der Waals surface area contributed by atoms with E-state index in [0.29, 0.717) is 35.1 Å². The predicted molar refractivity (Wildman–Crippen MR) is 97.3 cm³/mol. The van der Waals surface area contributed by atoms with Gasteiger partial charge in [-0.1, -0.05) is 19.9 Å². The zero-order valence-electron chi connectivity index (χ0n) is 14.3. The number of hydrogen-bond acceptors (Lipinski definition) is 4. The van der Waals surface area contributed by atoms with Gasteiger partial charge in [-0.15, -0.1) is 0 Å². The Morgan fingerprint density at radius 1 is 1.28 bits per heavy atom. The maximum Gasteiger partial charge on any atom is 0.224 e. The predicted octanol–water partition coefficient (Wildman–Crippen LogP) is 4.26. The summed E-state index contributed by atoms with van der Waals surface area (Å²) in [5.41, 5.74) is 0.968. The van der Waals surface area contributed by atoms with Crippen molar-refractivity contribution >= 4 is 17.7 Å². The monoisotopic (exact) mass is 360 g/mol. The van der Waals surface area contributed by atoms with Crippen LogP contribution in [0.3, 0.4) is 0 Å². The number of aromatic nitrogens is 1. The van der Waals surface area contributed by atoms with Crippen molar-refractivity contribution in [2.24, 2.45) is 0 Å².